The largest absolute Gasteiger partial charge is 0.348 e. The van der Waals surface area contributed by atoms with E-state index in [1.165, 1.54) is 5.69 Å². The molecule has 0 bridgehead atoms. The highest BCUT2D eigenvalue weighted by Gasteiger charge is 2.33. The third-order valence-electron chi connectivity index (χ3n) is 3.90. The number of carbonyl (C=O) groups is 1. The van der Waals surface area contributed by atoms with Crippen LogP contribution in [0, 0.1) is 5.92 Å². The van der Waals surface area contributed by atoms with Crippen LogP contribution >= 0.6 is 0 Å². The van der Waals surface area contributed by atoms with Crippen LogP contribution in [-0.2, 0) is 6.54 Å². The van der Waals surface area contributed by atoms with Crippen molar-refractivity contribution in [3.05, 3.63) is 54.1 Å². The summed E-state index contributed by atoms with van der Waals surface area (Å²) in [6.45, 7) is 5.95. The van der Waals surface area contributed by atoms with Gasteiger partial charge in [0.2, 0.25) is 0 Å². The lowest BCUT2D eigenvalue weighted by Gasteiger charge is -2.39. The van der Waals surface area contributed by atoms with Crippen LogP contribution in [0.4, 0.5) is 0 Å². The predicted molar refractivity (Wildman–Crippen MR) is 77.3 cm³/mol. The maximum absolute atomic E-state index is 12.7. The average Bonchev–Trinajstić information content (AvgIpc) is 2.94. The molecule has 0 N–H and O–H groups in total. The van der Waals surface area contributed by atoms with Gasteiger partial charge in [0.1, 0.15) is 0 Å². The molecule has 0 saturated heterocycles. The van der Waals surface area contributed by atoms with E-state index >= 15 is 0 Å². The SMILES string of the molecule is CC(C)C1c2cccn2CCN1C(=O)c1ccncc1. The van der Waals surface area contributed by atoms with E-state index in [1.807, 2.05) is 4.90 Å². The van der Waals surface area contributed by atoms with Crippen LogP contribution in [-0.4, -0.2) is 26.9 Å². The number of nitrogens with zero attached hydrogens (tertiary/aromatic N) is 3. The second kappa shape index (κ2) is 5.12. The third-order valence-corrected chi connectivity index (χ3v) is 3.90. The minimum atomic E-state index is 0.0959. The Morgan fingerprint density at radius 3 is 2.70 bits per heavy atom. The van der Waals surface area contributed by atoms with Crippen molar-refractivity contribution in [1.29, 1.82) is 0 Å². The number of hydrogen-bond acceptors (Lipinski definition) is 2. The minimum absolute atomic E-state index is 0.0959. The molecule has 1 aliphatic heterocycles. The van der Waals surface area contributed by atoms with Gasteiger partial charge in [0.15, 0.2) is 0 Å². The van der Waals surface area contributed by atoms with Gasteiger partial charge >= 0.3 is 0 Å². The molecular weight excluding hydrogens is 250 g/mol. The molecule has 4 heteroatoms. The first-order valence-electron chi connectivity index (χ1n) is 7.04. The van der Waals surface area contributed by atoms with Gasteiger partial charge in [-0.15, -0.1) is 0 Å². The van der Waals surface area contributed by atoms with Gasteiger partial charge in [-0.25, -0.2) is 0 Å². The molecular formula is C16H19N3O. The lowest BCUT2D eigenvalue weighted by atomic mass is 9.96. The monoisotopic (exact) mass is 269 g/mol. The molecule has 0 saturated carbocycles. The van der Waals surface area contributed by atoms with Crippen LogP contribution in [0.1, 0.15) is 35.9 Å². The summed E-state index contributed by atoms with van der Waals surface area (Å²) in [5, 5.41) is 0. The van der Waals surface area contributed by atoms with Crippen LogP contribution in [0.15, 0.2) is 42.9 Å². The zero-order chi connectivity index (χ0) is 14.1. The highest BCUT2D eigenvalue weighted by Crippen LogP contribution is 2.33. The molecule has 1 amide bonds. The number of fused-ring (bicyclic) bond motifs is 1. The van der Waals surface area contributed by atoms with E-state index in [2.05, 4.69) is 41.7 Å². The van der Waals surface area contributed by atoms with Gasteiger partial charge in [-0.3, -0.25) is 9.78 Å². The van der Waals surface area contributed by atoms with E-state index in [0.717, 1.165) is 13.1 Å². The molecule has 0 spiro atoms. The zero-order valence-electron chi connectivity index (χ0n) is 11.9. The highest BCUT2D eigenvalue weighted by molar-refractivity contribution is 5.94. The molecule has 0 aliphatic carbocycles. The van der Waals surface area contributed by atoms with Gasteiger partial charge in [-0.1, -0.05) is 13.8 Å². The van der Waals surface area contributed by atoms with Crippen molar-refractivity contribution in [3.63, 3.8) is 0 Å². The molecule has 3 heterocycles. The van der Waals surface area contributed by atoms with Crippen molar-refractivity contribution >= 4 is 5.91 Å². The van der Waals surface area contributed by atoms with Crippen molar-refractivity contribution in [2.24, 2.45) is 5.92 Å². The van der Waals surface area contributed by atoms with Gasteiger partial charge in [0.05, 0.1) is 6.04 Å². The summed E-state index contributed by atoms with van der Waals surface area (Å²) in [7, 11) is 0. The standard InChI is InChI=1S/C16H19N3O/c1-12(2)15-14-4-3-9-18(14)10-11-19(15)16(20)13-5-7-17-8-6-13/h3-9,12,15H,10-11H2,1-2H3. The van der Waals surface area contributed by atoms with E-state index < -0.39 is 0 Å². The number of carbonyl (C=O) groups excluding carboxylic acids is 1. The van der Waals surface area contributed by atoms with Gasteiger partial charge in [0.25, 0.3) is 5.91 Å². The first kappa shape index (κ1) is 12.9. The number of pyridine rings is 1. The van der Waals surface area contributed by atoms with Gasteiger partial charge < -0.3 is 9.47 Å². The normalized spacial score (nSPS) is 18.1. The van der Waals surface area contributed by atoms with Gasteiger partial charge in [-0.2, -0.15) is 0 Å². The topological polar surface area (TPSA) is 38.1 Å². The average molecular weight is 269 g/mol. The lowest BCUT2D eigenvalue weighted by Crippen LogP contribution is -2.43. The molecule has 0 fully saturated rings. The quantitative estimate of drug-likeness (QED) is 0.840. The summed E-state index contributed by atoms with van der Waals surface area (Å²) in [5.74, 6) is 0.480. The Labute approximate surface area is 119 Å². The first-order valence-corrected chi connectivity index (χ1v) is 7.04. The van der Waals surface area contributed by atoms with Crippen molar-refractivity contribution < 1.29 is 4.79 Å². The van der Waals surface area contributed by atoms with Crippen molar-refractivity contribution in [3.8, 4) is 0 Å². The van der Waals surface area contributed by atoms with Crippen LogP contribution in [0.3, 0.4) is 0 Å². The van der Waals surface area contributed by atoms with Crippen LogP contribution in [0.5, 0.6) is 0 Å². The molecule has 2 aromatic rings. The summed E-state index contributed by atoms with van der Waals surface area (Å²) in [6, 6.07) is 7.89. The van der Waals surface area contributed by atoms with E-state index in [1.54, 1.807) is 24.5 Å². The second-order valence-electron chi connectivity index (χ2n) is 5.55. The summed E-state index contributed by atoms with van der Waals surface area (Å²) < 4.78 is 2.25. The van der Waals surface area contributed by atoms with Crippen molar-refractivity contribution in [2.75, 3.05) is 6.54 Å². The van der Waals surface area contributed by atoms with E-state index in [4.69, 9.17) is 0 Å². The van der Waals surface area contributed by atoms with Crippen molar-refractivity contribution in [2.45, 2.75) is 26.4 Å². The predicted octanol–water partition coefficient (Wildman–Crippen LogP) is 2.74. The Balaban J connectivity index is 1.96. The fourth-order valence-corrected chi connectivity index (χ4v) is 3.00. The van der Waals surface area contributed by atoms with E-state index in [-0.39, 0.29) is 11.9 Å². The fourth-order valence-electron chi connectivity index (χ4n) is 3.00. The fraction of sp³-hybridized carbons (Fsp3) is 0.375. The smallest absolute Gasteiger partial charge is 0.254 e. The Morgan fingerprint density at radius 1 is 1.25 bits per heavy atom. The molecule has 1 unspecified atom stereocenters. The molecule has 4 nitrogen and oxygen atoms in total. The minimum Gasteiger partial charge on any atom is -0.348 e. The summed E-state index contributed by atoms with van der Waals surface area (Å²) in [4.78, 5) is 18.7. The maximum atomic E-state index is 12.7. The lowest BCUT2D eigenvalue weighted by molar-refractivity contribution is 0.0556. The number of aromatic nitrogens is 2. The number of hydrogen-bond donors (Lipinski definition) is 0. The number of rotatable bonds is 2. The van der Waals surface area contributed by atoms with Crippen LogP contribution in [0.2, 0.25) is 0 Å². The van der Waals surface area contributed by atoms with E-state index in [0.29, 0.717) is 11.5 Å². The van der Waals surface area contributed by atoms with Gasteiger partial charge in [-0.05, 0) is 30.2 Å². The Hall–Kier alpha value is -2.10. The zero-order valence-corrected chi connectivity index (χ0v) is 11.9. The van der Waals surface area contributed by atoms with Crippen LogP contribution in [0.25, 0.3) is 0 Å². The second-order valence-corrected chi connectivity index (χ2v) is 5.55. The molecule has 20 heavy (non-hydrogen) atoms. The maximum Gasteiger partial charge on any atom is 0.254 e. The van der Waals surface area contributed by atoms with Crippen molar-refractivity contribution in [1.82, 2.24) is 14.5 Å². The molecule has 0 aromatic carbocycles. The number of amides is 1. The molecule has 0 radical (unpaired) electrons. The molecule has 2 aromatic heterocycles. The molecule has 1 aliphatic rings. The summed E-state index contributed by atoms with van der Waals surface area (Å²) in [5.41, 5.74) is 1.94. The summed E-state index contributed by atoms with van der Waals surface area (Å²) in [6.07, 6.45) is 5.44. The molecule has 104 valence electrons. The first-order chi connectivity index (χ1) is 9.68. The Bertz CT molecular complexity index is 603. The summed E-state index contributed by atoms with van der Waals surface area (Å²) >= 11 is 0. The Morgan fingerprint density at radius 2 is 2.00 bits per heavy atom. The highest BCUT2D eigenvalue weighted by atomic mass is 16.2. The van der Waals surface area contributed by atoms with Gasteiger partial charge in [0, 0.05) is 42.9 Å². The molecule has 1 atom stereocenters. The Kier molecular flexibility index (Phi) is 3.30. The molecule has 3 rings (SSSR count). The van der Waals surface area contributed by atoms with E-state index in [9.17, 15) is 4.79 Å². The van der Waals surface area contributed by atoms with Crippen LogP contribution < -0.4 is 0 Å². The third kappa shape index (κ3) is 2.11.